The number of carbonyl (C=O) groups excluding carboxylic acids is 1. The van der Waals surface area contributed by atoms with Crippen LogP contribution >= 0.6 is 11.5 Å². The van der Waals surface area contributed by atoms with Gasteiger partial charge in [0.05, 0.1) is 6.07 Å². The summed E-state index contributed by atoms with van der Waals surface area (Å²) >= 11 is 1.27. The van der Waals surface area contributed by atoms with Crippen molar-refractivity contribution in [3.63, 3.8) is 0 Å². The third kappa shape index (κ3) is 4.08. The van der Waals surface area contributed by atoms with E-state index in [-0.39, 0.29) is 18.0 Å². The summed E-state index contributed by atoms with van der Waals surface area (Å²) in [5, 5.41) is 19.8. The summed E-state index contributed by atoms with van der Waals surface area (Å²) in [5.41, 5.74) is 8.28. The van der Waals surface area contributed by atoms with Crippen LogP contribution in [0.5, 0.6) is 0 Å². The molecule has 3 rings (SSSR count). The average Bonchev–Trinajstić information content (AvgIpc) is 3.32. The third-order valence-electron chi connectivity index (χ3n) is 3.21. The molecule has 0 spiro atoms. The first kappa shape index (κ1) is 17.2. The maximum Gasteiger partial charge on any atom is 0.433 e. The minimum Gasteiger partial charge on any atom is -0.393 e. The Kier molecular flexibility index (Phi) is 4.99. The number of aromatic nitrogens is 2. The molecule has 0 aliphatic carbocycles. The minimum atomic E-state index is -0.979. The van der Waals surface area contributed by atoms with Crippen molar-refractivity contribution in [3.8, 4) is 11.3 Å². The van der Waals surface area contributed by atoms with E-state index in [0.717, 1.165) is 29.0 Å². The Bertz CT molecular complexity index is 949. The van der Waals surface area contributed by atoms with Gasteiger partial charge in [-0.3, -0.25) is 10.1 Å². The van der Waals surface area contributed by atoms with Gasteiger partial charge in [-0.05, 0) is 23.2 Å². The van der Waals surface area contributed by atoms with Crippen molar-refractivity contribution < 1.29 is 19.0 Å². The lowest BCUT2D eigenvalue weighted by Crippen LogP contribution is -2.16. The molecule has 26 heavy (non-hydrogen) atoms. The number of nitro groups is 1. The van der Waals surface area contributed by atoms with Crippen molar-refractivity contribution in [1.29, 1.82) is 0 Å². The Labute approximate surface area is 150 Å². The van der Waals surface area contributed by atoms with Gasteiger partial charge in [0.1, 0.15) is 16.5 Å². The molecule has 0 saturated carbocycles. The van der Waals surface area contributed by atoms with Crippen molar-refractivity contribution >= 4 is 29.2 Å². The molecule has 0 amide bonds. The van der Waals surface area contributed by atoms with Gasteiger partial charge in [-0.2, -0.15) is 0 Å². The highest BCUT2D eigenvalue weighted by molar-refractivity contribution is 7.03. The molecular weight excluding hydrogens is 362 g/mol. The number of oxime groups is 1. The molecule has 0 aliphatic rings. The SMILES string of the molecule is NC(Cc1ccc(-c2csnn2)cc1)=NOC(=O)c1ccc([N+](=O)[O-])o1. The van der Waals surface area contributed by atoms with Gasteiger partial charge < -0.3 is 15.0 Å². The summed E-state index contributed by atoms with van der Waals surface area (Å²) < 4.78 is 8.52. The van der Waals surface area contributed by atoms with E-state index in [1.807, 2.05) is 29.6 Å². The number of benzene rings is 1. The van der Waals surface area contributed by atoms with E-state index < -0.39 is 16.8 Å². The number of carbonyl (C=O) groups is 1. The fourth-order valence-electron chi connectivity index (χ4n) is 2.01. The van der Waals surface area contributed by atoms with Crippen LogP contribution in [0, 0.1) is 10.1 Å². The predicted molar refractivity (Wildman–Crippen MR) is 91.4 cm³/mol. The number of nitrogens with zero attached hydrogens (tertiary/aromatic N) is 4. The molecular formula is C15H11N5O5S. The molecule has 2 aromatic heterocycles. The Morgan fingerprint density at radius 2 is 2.08 bits per heavy atom. The van der Waals surface area contributed by atoms with Gasteiger partial charge in [0.2, 0.25) is 5.76 Å². The molecule has 2 heterocycles. The Morgan fingerprint density at radius 3 is 2.69 bits per heavy atom. The monoisotopic (exact) mass is 373 g/mol. The lowest BCUT2D eigenvalue weighted by molar-refractivity contribution is -0.402. The molecule has 132 valence electrons. The highest BCUT2D eigenvalue weighted by Crippen LogP contribution is 2.18. The first-order valence-electron chi connectivity index (χ1n) is 7.17. The molecule has 1 aromatic carbocycles. The van der Waals surface area contributed by atoms with E-state index in [0.29, 0.717) is 0 Å². The van der Waals surface area contributed by atoms with E-state index in [2.05, 4.69) is 19.6 Å². The van der Waals surface area contributed by atoms with E-state index in [9.17, 15) is 14.9 Å². The standard InChI is InChI=1S/C15H11N5O5S/c16-13(18-25-15(21)12-5-6-14(24-12)20(22)23)7-9-1-3-10(4-2-9)11-8-26-19-17-11/h1-6,8H,7H2,(H2,16,18). The largest absolute Gasteiger partial charge is 0.433 e. The number of nitrogens with two attached hydrogens (primary N) is 1. The van der Waals surface area contributed by atoms with Crippen LogP contribution in [-0.4, -0.2) is 26.3 Å². The fourth-order valence-corrected chi connectivity index (χ4v) is 2.47. The first-order chi connectivity index (χ1) is 12.5. The maximum atomic E-state index is 11.7. The summed E-state index contributed by atoms with van der Waals surface area (Å²) in [6.07, 6.45) is 0.251. The van der Waals surface area contributed by atoms with Gasteiger partial charge in [0.25, 0.3) is 0 Å². The number of hydrogen-bond acceptors (Lipinski definition) is 9. The zero-order chi connectivity index (χ0) is 18.5. The van der Waals surface area contributed by atoms with Crippen molar-refractivity contribution in [2.24, 2.45) is 10.9 Å². The molecule has 0 saturated heterocycles. The molecule has 0 radical (unpaired) electrons. The molecule has 0 unspecified atom stereocenters. The van der Waals surface area contributed by atoms with Crippen LogP contribution in [0.1, 0.15) is 16.1 Å². The molecule has 0 aliphatic heterocycles. The smallest absolute Gasteiger partial charge is 0.393 e. The van der Waals surface area contributed by atoms with Gasteiger partial charge in [-0.15, -0.1) is 5.10 Å². The topological polar surface area (TPSA) is 147 Å². The lowest BCUT2D eigenvalue weighted by atomic mass is 10.1. The number of rotatable bonds is 6. The van der Waals surface area contributed by atoms with E-state index >= 15 is 0 Å². The Balaban J connectivity index is 1.59. The van der Waals surface area contributed by atoms with Gasteiger partial charge in [-0.1, -0.05) is 33.9 Å². The van der Waals surface area contributed by atoms with Crippen LogP contribution in [-0.2, 0) is 11.3 Å². The van der Waals surface area contributed by atoms with Crippen molar-refractivity contribution in [2.45, 2.75) is 6.42 Å². The third-order valence-corrected chi connectivity index (χ3v) is 3.72. The van der Waals surface area contributed by atoms with Crippen LogP contribution in [0.3, 0.4) is 0 Å². The molecule has 10 nitrogen and oxygen atoms in total. The fraction of sp³-hybridized carbons (Fsp3) is 0.0667. The second-order valence-electron chi connectivity index (χ2n) is 5.02. The quantitative estimate of drug-likeness (QED) is 0.228. The van der Waals surface area contributed by atoms with Crippen LogP contribution in [0.25, 0.3) is 11.3 Å². The van der Waals surface area contributed by atoms with E-state index in [1.165, 1.54) is 11.5 Å². The number of hydrogen-bond donors (Lipinski definition) is 1. The summed E-state index contributed by atoms with van der Waals surface area (Å²) in [6.45, 7) is 0. The zero-order valence-electron chi connectivity index (χ0n) is 13.1. The van der Waals surface area contributed by atoms with Gasteiger partial charge in [-0.25, -0.2) is 4.79 Å². The average molecular weight is 373 g/mol. The first-order valence-corrected chi connectivity index (χ1v) is 8.01. The van der Waals surface area contributed by atoms with Crippen molar-refractivity contribution in [1.82, 2.24) is 9.59 Å². The second kappa shape index (κ2) is 7.53. The molecule has 0 atom stereocenters. The second-order valence-corrected chi connectivity index (χ2v) is 5.63. The highest BCUT2D eigenvalue weighted by Gasteiger charge is 2.18. The van der Waals surface area contributed by atoms with Crippen LogP contribution in [0.2, 0.25) is 0 Å². The summed E-state index contributed by atoms with van der Waals surface area (Å²) in [5.74, 6) is -1.83. The Morgan fingerprint density at radius 1 is 1.31 bits per heavy atom. The lowest BCUT2D eigenvalue weighted by Gasteiger charge is -2.02. The van der Waals surface area contributed by atoms with E-state index in [4.69, 9.17) is 10.2 Å². The van der Waals surface area contributed by atoms with Crippen LogP contribution in [0.15, 0.2) is 51.4 Å². The minimum absolute atomic E-state index is 0.0579. The summed E-state index contributed by atoms with van der Waals surface area (Å²) in [6, 6.07) is 9.59. The normalized spacial score (nSPS) is 11.3. The van der Waals surface area contributed by atoms with Gasteiger partial charge in [0.15, 0.2) is 0 Å². The number of amidine groups is 1. The Hall–Kier alpha value is -3.60. The molecule has 11 heteroatoms. The molecule has 0 fully saturated rings. The maximum absolute atomic E-state index is 11.7. The molecule has 3 aromatic rings. The van der Waals surface area contributed by atoms with Crippen molar-refractivity contribution in [3.05, 3.63) is 63.2 Å². The number of furan rings is 1. The summed E-state index contributed by atoms with van der Waals surface area (Å²) in [7, 11) is 0. The zero-order valence-corrected chi connectivity index (χ0v) is 13.9. The van der Waals surface area contributed by atoms with E-state index in [1.54, 1.807) is 0 Å². The highest BCUT2D eigenvalue weighted by atomic mass is 32.1. The predicted octanol–water partition coefficient (Wildman–Crippen LogP) is 2.38. The molecule has 0 bridgehead atoms. The van der Waals surface area contributed by atoms with Gasteiger partial charge >= 0.3 is 11.9 Å². The van der Waals surface area contributed by atoms with Crippen LogP contribution in [0.4, 0.5) is 5.88 Å². The van der Waals surface area contributed by atoms with Crippen molar-refractivity contribution in [2.75, 3.05) is 0 Å². The van der Waals surface area contributed by atoms with Gasteiger partial charge in [0, 0.05) is 17.4 Å². The van der Waals surface area contributed by atoms with Crippen LogP contribution < -0.4 is 5.73 Å². The summed E-state index contributed by atoms with van der Waals surface area (Å²) in [4.78, 5) is 26.1. The molecule has 2 N–H and O–H groups in total.